The summed E-state index contributed by atoms with van der Waals surface area (Å²) in [6.07, 6.45) is 3.36. The van der Waals surface area contributed by atoms with Crippen molar-refractivity contribution in [1.82, 2.24) is 24.9 Å². The van der Waals surface area contributed by atoms with Crippen molar-refractivity contribution < 1.29 is 14.7 Å². The van der Waals surface area contributed by atoms with Gasteiger partial charge in [0.2, 0.25) is 5.91 Å². The van der Waals surface area contributed by atoms with E-state index in [9.17, 15) is 9.59 Å². The van der Waals surface area contributed by atoms with E-state index in [4.69, 9.17) is 10.2 Å². The summed E-state index contributed by atoms with van der Waals surface area (Å²) in [5, 5.41) is 20.4. The Bertz CT molecular complexity index is 1170. The first kappa shape index (κ1) is 19.1. The Morgan fingerprint density at radius 2 is 1.63 bits per heavy atom. The number of nitrogens with zero attached hydrogens (tertiary/aromatic N) is 4. The van der Waals surface area contributed by atoms with Crippen molar-refractivity contribution in [1.29, 1.82) is 0 Å². The molecule has 0 saturated heterocycles. The number of hydrogen-bond donors (Lipinski definition) is 2. The molecule has 0 unspecified atom stereocenters. The van der Waals surface area contributed by atoms with Gasteiger partial charge in [0.1, 0.15) is 6.54 Å². The Balaban J connectivity index is 1.53. The van der Waals surface area contributed by atoms with Crippen LogP contribution in [0.5, 0.6) is 0 Å². The number of carboxylic acids is 1. The summed E-state index contributed by atoms with van der Waals surface area (Å²) in [4.78, 5) is 23.3. The lowest BCUT2D eigenvalue weighted by Crippen LogP contribution is -2.27. The lowest BCUT2D eigenvalue weighted by Gasteiger charge is -2.06. The molecule has 0 aliphatic heterocycles. The number of nitrogens with one attached hydrogen (secondary N) is 1. The first-order valence-corrected chi connectivity index (χ1v) is 9.33. The molecule has 8 nitrogen and oxygen atoms in total. The fourth-order valence-electron chi connectivity index (χ4n) is 3.05. The van der Waals surface area contributed by atoms with Gasteiger partial charge in [-0.25, -0.2) is 9.48 Å². The summed E-state index contributed by atoms with van der Waals surface area (Å²) < 4.78 is 3.08. The monoisotopic (exact) mass is 401 g/mol. The van der Waals surface area contributed by atoms with Gasteiger partial charge in [-0.15, -0.1) is 0 Å². The molecule has 4 rings (SSSR count). The van der Waals surface area contributed by atoms with Crippen molar-refractivity contribution in [2.75, 3.05) is 0 Å². The van der Waals surface area contributed by atoms with Crippen LogP contribution < -0.4 is 5.32 Å². The van der Waals surface area contributed by atoms with E-state index < -0.39 is 5.97 Å². The Labute approximate surface area is 172 Å². The van der Waals surface area contributed by atoms with Gasteiger partial charge in [-0.3, -0.25) is 9.48 Å². The predicted molar refractivity (Wildman–Crippen MR) is 110 cm³/mol. The molecule has 0 aliphatic carbocycles. The summed E-state index contributed by atoms with van der Waals surface area (Å²) in [7, 11) is 0. The Morgan fingerprint density at radius 1 is 0.933 bits per heavy atom. The number of para-hydroxylation sites is 1. The second kappa shape index (κ2) is 8.44. The molecule has 1 amide bonds. The van der Waals surface area contributed by atoms with Crippen molar-refractivity contribution in [2.24, 2.45) is 0 Å². The average molecular weight is 401 g/mol. The Morgan fingerprint density at radius 3 is 2.30 bits per heavy atom. The van der Waals surface area contributed by atoms with E-state index in [1.54, 1.807) is 4.68 Å². The Kier molecular flexibility index (Phi) is 5.38. The van der Waals surface area contributed by atoms with Gasteiger partial charge < -0.3 is 10.4 Å². The number of amides is 1. The predicted octanol–water partition coefficient (Wildman–Crippen LogP) is 2.75. The molecule has 4 aromatic rings. The molecule has 0 bridgehead atoms. The highest BCUT2D eigenvalue weighted by Crippen LogP contribution is 2.23. The normalized spacial score (nSPS) is 10.7. The molecule has 8 heteroatoms. The molecule has 0 radical (unpaired) electrons. The van der Waals surface area contributed by atoms with E-state index in [1.165, 1.54) is 16.9 Å². The first-order chi connectivity index (χ1) is 14.6. The molecule has 2 N–H and O–H groups in total. The number of rotatable bonds is 7. The minimum atomic E-state index is -1.13. The Hall–Kier alpha value is -4.20. The number of carbonyl (C=O) groups excluding carboxylic acids is 1. The molecule has 2 aromatic carbocycles. The lowest BCUT2D eigenvalue weighted by molar-refractivity contribution is -0.122. The minimum Gasteiger partial charge on any atom is -0.476 e. The zero-order valence-corrected chi connectivity index (χ0v) is 16.0. The standard InChI is InChI=1S/C22H19N5O3/c28-20(15-26-12-11-19(24-26)22(29)30)23-13-17-14-27(18-9-5-2-6-10-18)25-21(17)16-7-3-1-4-8-16/h1-12,14H,13,15H2,(H,23,28)(H,29,30). The fraction of sp³-hybridized carbons (Fsp3) is 0.0909. The topological polar surface area (TPSA) is 102 Å². The van der Waals surface area contributed by atoms with Crippen LogP contribution in [0, 0.1) is 0 Å². The van der Waals surface area contributed by atoms with Crippen LogP contribution in [0.15, 0.2) is 79.1 Å². The van der Waals surface area contributed by atoms with Crippen LogP contribution in [0.4, 0.5) is 0 Å². The molecule has 0 spiro atoms. The van der Waals surface area contributed by atoms with Crippen LogP contribution in [-0.4, -0.2) is 36.5 Å². The van der Waals surface area contributed by atoms with E-state index in [0.717, 1.165) is 22.5 Å². The molecular formula is C22H19N5O3. The number of carboxylic acid groups (broad SMARTS) is 1. The molecule has 0 fully saturated rings. The molecule has 0 aliphatic rings. The van der Waals surface area contributed by atoms with Gasteiger partial charge in [0.25, 0.3) is 0 Å². The number of aromatic carboxylic acids is 1. The highest BCUT2D eigenvalue weighted by Gasteiger charge is 2.14. The number of carbonyl (C=O) groups is 2. The van der Waals surface area contributed by atoms with Crippen LogP contribution in [0.1, 0.15) is 16.1 Å². The minimum absolute atomic E-state index is 0.0687. The first-order valence-electron chi connectivity index (χ1n) is 9.33. The second-order valence-corrected chi connectivity index (χ2v) is 6.63. The summed E-state index contributed by atoms with van der Waals surface area (Å²) in [6.45, 7) is 0.212. The molecule has 0 atom stereocenters. The number of aromatic nitrogens is 4. The third-order valence-corrected chi connectivity index (χ3v) is 4.50. The van der Waals surface area contributed by atoms with E-state index in [0.29, 0.717) is 0 Å². The van der Waals surface area contributed by atoms with Gasteiger partial charge in [-0.1, -0.05) is 48.5 Å². The van der Waals surface area contributed by atoms with Gasteiger partial charge in [0.05, 0.1) is 11.4 Å². The van der Waals surface area contributed by atoms with Crippen molar-refractivity contribution in [3.63, 3.8) is 0 Å². The maximum Gasteiger partial charge on any atom is 0.356 e. The highest BCUT2D eigenvalue weighted by molar-refractivity contribution is 5.85. The third-order valence-electron chi connectivity index (χ3n) is 4.50. The maximum atomic E-state index is 12.3. The quantitative estimate of drug-likeness (QED) is 0.496. The van der Waals surface area contributed by atoms with Crippen LogP contribution in [0.2, 0.25) is 0 Å². The molecular weight excluding hydrogens is 382 g/mol. The van der Waals surface area contributed by atoms with Gasteiger partial charge >= 0.3 is 5.97 Å². The zero-order chi connectivity index (χ0) is 20.9. The average Bonchev–Trinajstić information content (AvgIpc) is 3.41. The molecule has 30 heavy (non-hydrogen) atoms. The van der Waals surface area contributed by atoms with Crippen molar-refractivity contribution in [2.45, 2.75) is 13.1 Å². The smallest absolute Gasteiger partial charge is 0.356 e. The van der Waals surface area contributed by atoms with Crippen LogP contribution in [0.25, 0.3) is 16.9 Å². The molecule has 150 valence electrons. The lowest BCUT2D eigenvalue weighted by atomic mass is 10.1. The van der Waals surface area contributed by atoms with Crippen LogP contribution in [-0.2, 0) is 17.9 Å². The van der Waals surface area contributed by atoms with E-state index in [-0.39, 0.29) is 24.7 Å². The third kappa shape index (κ3) is 4.27. The van der Waals surface area contributed by atoms with E-state index in [1.807, 2.05) is 66.9 Å². The van der Waals surface area contributed by atoms with Crippen molar-refractivity contribution >= 4 is 11.9 Å². The van der Waals surface area contributed by atoms with Crippen LogP contribution >= 0.6 is 0 Å². The van der Waals surface area contributed by atoms with Gasteiger partial charge in [-0.05, 0) is 18.2 Å². The van der Waals surface area contributed by atoms with E-state index in [2.05, 4.69) is 10.4 Å². The van der Waals surface area contributed by atoms with Gasteiger partial charge in [-0.2, -0.15) is 10.2 Å². The second-order valence-electron chi connectivity index (χ2n) is 6.63. The summed E-state index contributed by atoms with van der Waals surface area (Å²) in [5.74, 6) is -1.41. The summed E-state index contributed by atoms with van der Waals surface area (Å²) in [6, 6.07) is 20.9. The van der Waals surface area contributed by atoms with E-state index >= 15 is 0 Å². The largest absolute Gasteiger partial charge is 0.476 e. The SMILES string of the molecule is O=C(Cn1ccc(C(=O)O)n1)NCc1cn(-c2ccccc2)nc1-c1ccccc1. The van der Waals surface area contributed by atoms with Gasteiger partial charge in [0, 0.05) is 30.1 Å². The number of benzene rings is 2. The number of hydrogen-bond acceptors (Lipinski definition) is 4. The van der Waals surface area contributed by atoms with Gasteiger partial charge in [0.15, 0.2) is 5.69 Å². The highest BCUT2D eigenvalue weighted by atomic mass is 16.4. The van der Waals surface area contributed by atoms with Crippen LogP contribution in [0.3, 0.4) is 0 Å². The molecule has 0 saturated carbocycles. The summed E-state index contributed by atoms with van der Waals surface area (Å²) in [5.41, 5.74) is 3.43. The van der Waals surface area contributed by atoms with Crippen molar-refractivity contribution in [3.05, 3.63) is 90.4 Å². The van der Waals surface area contributed by atoms with Crippen molar-refractivity contribution in [3.8, 4) is 16.9 Å². The summed E-state index contributed by atoms with van der Waals surface area (Å²) >= 11 is 0. The fourth-order valence-corrected chi connectivity index (χ4v) is 3.05. The molecule has 2 heterocycles. The molecule has 2 aromatic heterocycles. The maximum absolute atomic E-state index is 12.3. The zero-order valence-electron chi connectivity index (χ0n) is 16.0.